The van der Waals surface area contributed by atoms with Gasteiger partial charge in [0.2, 0.25) is 47.3 Å². The summed E-state index contributed by atoms with van der Waals surface area (Å²) in [7, 11) is 0. The van der Waals surface area contributed by atoms with Crippen LogP contribution in [0.25, 0.3) is 10.9 Å². The van der Waals surface area contributed by atoms with Crippen molar-refractivity contribution in [2.45, 2.75) is 120 Å². The van der Waals surface area contributed by atoms with Gasteiger partial charge >= 0.3 is 0 Å². The molecule has 21 N–H and O–H groups in total. The van der Waals surface area contributed by atoms with Crippen LogP contribution in [0.15, 0.2) is 70.8 Å². The molecule has 4 rings (SSSR count). The Balaban J connectivity index is 1.73. The van der Waals surface area contributed by atoms with E-state index in [-0.39, 0.29) is 89.3 Å². The molecule has 8 amide bonds. The molecular weight excluding hydrogens is 949 g/mol. The Morgan fingerprint density at radius 1 is 0.726 bits per heavy atom. The van der Waals surface area contributed by atoms with Crippen LogP contribution in [0.4, 0.5) is 0 Å². The number of rotatable bonds is 18. The number of benzene rings is 2. The summed E-state index contributed by atoms with van der Waals surface area (Å²) in [5.74, 6) is -7.02. The summed E-state index contributed by atoms with van der Waals surface area (Å²) in [5.41, 5.74) is 29.7. The number of primary amides is 1. The molecule has 398 valence electrons. The summed E-state index contributed by atoms with van der Waals surface area (Å²) in [4.78, 5) is 121. The molecule has 2 aromatic carbocycles. The second kappa shape index (κ2) is 29.5. The molecule has 1 aliphatic rings. The van der Waals surface area contributed by atoms with E-state index in [0.717, 1.165) is 10.9 Å². The predicted molar refractivity (Wildman–Crippen MR) is 270 cm³/mol. The summed E-state index contributed by atoms with van der Waals surface area (Å²) in [6.07, 6.45) is 0.134. The highest BCUT2D eigenvalue weighted by atomic mass is 16.3. The summed E-state index contributed by atoms with van der Waals surface area (Å²) in [6.45, 7) is 0.415. The lowest BCUT2D eigenvalue weighted by atomic mass is 10.0. The van der Waals surface area contributed by atoms with Crippen LogP contribution in [-0.4, -0.2) is 149 Å². The van der Waals surface area contributed by atoms with Gasteiger partial charge in [-0.3, -0.25) is 53.7 Å². The van der Waals surface area contributed by atoms with Gasteiger partial charge in [0.15, 0.2) is 11.9 Å². The monoisotopic (exact) mass is 1020 g/mol. The second-order valence-corrected chi connectivity index (χ2v) is 17.6. The predicted octanol–water partition coefficient (Wildman–Crippen LogP) is -4.57. The van der Waals surface area contributed by atoms with Crippen LogP contribution < -0.4 is 71.2 Å². The maximum absolute atomic E-state index is 14.5. The number of aliphatic hydroxyl groups is 2. The van der Waals surface area contributed by atoms with Gasteiger partial charge in [0.05, 0.1) is 25.1 Å². The molecule has 1 aliphatic heterocycles. The van der Waals surface area contributed by atoms with Gasteiger partial charge in [-0.2, -0.15) is 0 Å². The Morgan fingerprint density at radius 2 is 1.32 bits per heavy atom. The fourth-order valence-electron chi connectivity index (χ4n) is 8.00. The maximum Gasteiger partial charge on any atom is 0.245 e. The number of H-pyrrole nitrogens is 1. The minimum absolute atomic E-state index is 0.0176. The standard InChI is InChI=1S/C47H70N16O10/c1-26(65)57-32(16-9-19-54-46(49)50)40(68)62-36-23-38(66)53-18-8-7-15-31(39(48)67)58-43(71)35(22-28-24-56-30-14-6-5-13-29(28)30)61-41(69)33(17-10-20-55-47(51)52)59-42(70)34(21-27-11-3-2-4-12-27)60-45(73)37(25-64)63-44(36)72/h2-6,11-14,24,31-37,40,56,62,64,68H,7-10,15-23,25H2,1H3,(H2,48,67)(H,53,66)(H,57,65)(H,58,71)(H,59,70)(H,60,73)(H,61,69)(H,63,72)(H4,49,50,54)(H4,51,52,55). The molecule has 3 aromatic rings. The Hall–Kier alpha value is -7.84. The lowest BCUT2D eigenvalue weighted by Gasteiger charge is -2.29. The number of carbonyl (C=O) groups is 8. The summed E-state index contributed by atoms with van der Waals surface area (Å²) >= 11 is 0. The summed E-state index contributed by atoms with van der Waals surface area (Å²) in [6, 6.07) is 6.01. The molecular formula is C47H70N16O10. The van der Waals surface area contributed by atoms with Crippen molar-refractivity contribution in [3.8, 4) is 0 Å². The molecule has 0 aliphatic carbocycles. The van der Waals surface area contributed by atoms with Gasteiger partial charge in [-0.05, 0) is 62.1 Å². The molecule has 26 heteroatoms. The van der Waals surface area contributed by atoms with E-state index in [2.05, 4.69) is 57.5 Å². The van der Waals surface area contributed by atoms with Gasteiger partial charge < -0.3 is 81.1 Å². The first-order valence-electron chi connectivity index (χ1n) is 23.9. The first kappa shape index (κ1) is 57.7. The largest absolute Gasteiger partial charge is 0.394 e. The van der Waals surface area contributed by atoms with Crippen LogP contribution in [0, 0.1) is 0 Å². The number of para-hydroxylation sites is 1. The number of guanidine groups is 2. The average molecular weight is 1020 g/mol. The number of hydrogen-bond donors (Lipinski definition) is 16. The molecule has 8 unspecified atom stereocenters. The lowest BCUT2D eigenvalue weighted by molar-refractivity contribution is -0.136. The van der Waals surface area contributed by atoms with Gasteiger partial charge in [0, 0.05) is 56.5 Å². The van der Waals surface area contributed by atoms with Crippen LogP contribution in [0.3, 0.4) is 0 Å². The van der Waals surface area contributed by atoms with Gasteiger partial charge in [-0.15, -0.1) is 0 Å². The zero-order valence-corrected chi connectivity index (χ0v) is 40.7. The maximum atomic E-state index is 14.5. The van der Waals surface area contributed by atoms with Crippen molar-refractivity contribution >= 4 is 70.1 Å². The third kappa shape index (κ3) is 19.7. The van der Waals surface area contributed by atoms with Crippen molar-refractivity contribution in [2.24, 2.45) is 38.7 Å². The minimum atomic E-state index is -1.74. The van der Waals surface area contributed by atoms with Gasteiger partial charge in [0.25, 0.3) is 0 Å². The number of carbonyl (C=O) groups excluding carboxylic acids is 8. The van der Waals surface area contributed by atoms with Gasteiger partial charge in [0.1, 0.15) is 36.4 Å². The minimum Gasteiger partial charge on any atom is -0.394 e. The van der Waals surface area contributed by atoms with Crippen molar-refractivity contribution in [1.29, 1.82) is 0 Å². The highest BCUT2D eigenvalue weighted by Gasteiger charge is 2.35. The molecule has 73 heavy (non-hydrogen) atoms. The van der Waals surface area contributed by atoms with Crippen LogP contribution in [0.5, 0.6) is 0 Å². The number of aromatic amines is 1. The number of nitrogens with two attached hydrogens (primary N) is 5. The third-order valence-electron chi connectivity index (χ3n) is 11.8. The highest BCUT2D eigenvalue weighted by Crippen LogP contribution is 2.20. The molecule has 0 bridgehead atoms. The van der Waals surface area contributed by atoms with Crippen molar-refractivity contribution in [3.05, 3.63) is 71.9 Å². The topological polar surface area (TPSA) is 444 Å². The Morgan fingerprint density at radius 3 is 1.97 bits per heavy atom. The fourth-order valence-corrected chi connectivity index (χ4v) is 8.00. The third-order valence-corrected chi connectivity index (χ3v) is 11.8. The summed E-state index contributed by atoms with van der Waals surface area (Å²) < 4.78 is 0. The van der Waals surface area contributed by atoms with E-state index in [1.54, 1.807) is 42.6 Å². The number of aliphatic imine (C=N–C) groups is 2. The Labute approximate surface area is 421 Å². The molecule has 26 nitrogen and oxygen atoms in total. The summed E-state index contributed by atoms with van der Waals surface area (Å²) in [5, 5.41) is 43.6. The van der Waals surface area contributed by atoms with E-state index in [0.29, 0.717) is 11.1 Å². The SMILES string of the molecule is CC(=O)NC(CCCN=C(N)N)C(O)NC1CC(=O)NCCCCC(C(N)=O)NC(=O)C(Cc2c[nH]c3ccccc23)NC(=O)C(CCCN=C(N)N)NC(=O)C(Cc2ccccc2)NC(=O)C(CO)NC1=O. The molecule has 2 heterocycles. The van der Waals surface area contributed by atoms with Crippen molar-refractivity contribution in [2.75, 3.05) is 26.2 Å². The highest BCUT2D eigenvalue weighted by molar-refractivity contribution is 5.97. The quantitative estimate of drug-likeness (QED) is 0.0247. The molecule has 1 saturated heterocycles. The fraction of sp³-hybridized carbons (Fsp3) is 0.489. The molecule has 1 aromatic heterocycles. The normalized spacial score (nSPS) is 21.9. The van der Waals surface area contributed by atoms with Crippen LogP contribution in [0.1, 0.15) is 69.4 Å². The van der Waals surface area contributed by atoms with Crippen molar-refractivity contribution < 1.29 is 48.6 Å². The molecule has 1 fully saturated rings. The number of aliphatic hydroxyl groups excluding tert-OH is 2. The Kier molecular flexibility index (Phi) is 23.3. The number of nitrogens with one attached hydrogen (secondary N) is 9. The van der Waals surface area contributed by atoms with E-state index >= 15 is 0 Å². The van der Waals surface area contributed by atoms with Crippen LogP contribution in [-0.2, 0) is 51.2 Å². The zero-order chi connectivity index (χ0) is 53.5. The number of nitrogens with zero attached hydrogens (tertiary/aromatic N) is 2. The van der Waals surface area contributed by atoms with Crippen molar-refractivity contribution in [1.82, 2.24) is 47.5 Å². The first-order valence-corrected chi connectivity index (χ1v) is 23.9. The van der Waals surface area contributed by atoms with E-state index in [9.17, 15) is 48.6 Å². The molecule has 0 radical (unpaired) electrons. The molecule has 8 atom stereocenters. The van der Waals surface area contributed by atoms with Crippen LogP contribution in [0.2, 0.25) is 0 Å². The van der Waals surface area contributed by atoms with Gasteiger partial charge in [-0.1, -0.05) is 48.5 Å². The van der Waals surface area contributed by atoms with Gasteiger partial charge in [-0.25, -0.2) is 0 Å². The molecule has 0 saturated carbocycles. The second-order valence-electron chi connectivity index (χ2n) is 17.6. The smallest absolute Gasteiger partial charge is 0.245 e. The van der Waals surface area contributed by atoms with E-state index in [1.807, 2.05) is 18.2 Å². The number of fused-ring (bicyclic) bond motifs is 1. The number of hydrogen-bond acceptors (Lipinski definition) is 13. The average Bonchev–Trinajstić information content (AvgIpc) is 3.75. The Bertz CT molecular complexity index is 2410. The number of amides is 8. The zero-order valence-electron chi connectivity index (χ0n) is 40.7. The van der Waals surface area contributed by atoms with Crippen LogP contribution >= 0.6 is 0 Å². The lowest BCUT2D eigenvalue weighted by Crippen LogP contribution is -2.61. The first-order chi connectivity index (χ1) is 34.8. The van der Waals surface area contributed by atoms with E-state index in [4.69, 9.17) is 28.7 Å². The van der Waals surface area contributed by atoms with E-state index < -0.39 is 109 Å². The van der Waals surface area contributed by atoms with E-state index in [1.165, 1.54) is 6.92 Å². The number of aromatic nitrogens is 1. The van der Waals surface area contributed by atoms with Crippen molar-refractivity contribution in [3.63, 3.8) is 0 Å². The molecule has 0 spiro atoms.